The zero-order chi connectivity index (χ0) is 15.4. The number of aliphatic hydroxyl groups excluding tert-OH is 1. The number of hydrogen-bond acceptors (Lipinski definition) is 2. The second-order valence-electron chi connectivity index (χ2n) is 5.58. The molecule has 0 spiro atoms. The van der Waals surface area contributed by atoms with Crippen LogP contribution in [0, 0.1) is 0 Å². The number of para-hydroxylation sites is 1. The van der Waals surface area contributed by atoms with E-state index in [9.17, 15) is 9.90 Å². The van der Waals surface area contributed by atoms with Gasteiger partial charge < -0.3 is 15.3 Å². The Kier molecular flexibility index (Phi) is 4.39. The molecule has 0 saturated carbocycles. The molecule has 1 heterocycles. The molecule has 2 amide bonds. The molecular weight excluding hydrogens is 276 g/mol. The van der Waals surface area contributed by atoms with Gasteiger partial charge in [-0.05, 0) is 24.5 Å². The first-order valence-corrected chi connectivity index (χ1v) is 7.62. The van der Waals surface area contributed by atoms with Gasteiger partial charge in [0.2, 0.25) is 0 Å². The Balaban J connectivity index is 1.79. The molecule has 4 heteroatoms. The summed E-state index contributed by atoms with van der Waals surface area (Å²) in [4.78, 5) is 14.1. The van der Waals surface area contributed by atoms with E-state index in [0.717, 1.165) is 29.7 Å². The number of β-amino-alcohol motifs (C(OH)–C–C–N with tert-alkyl or cyclic N) is 1. The Labute approximate surface area is 130 Å². The van der Waals surface area contributed by atoms with Crippen molar-refractivity contribution >= 4 is 11.7 Å². The molecule has 1 atom stereocenters. The van der Waals surface area contributed by atoms with Gasteiger partial charge >= 0.3 is 6.03 Å². The molecule has 2 aromatic rings. The number of nitrogens with zero attached hydrogens (tertiary/aromatic N) is 1. The van der Waals surface area contributed by atoms with Gasteiger partial charge in [-0.1, -0.05) is 48.5 Å². The number of anilines is 1. The van der Waals surface area contributed by atoms with Crippen LogP contribution in [0.2, 0.25) is 0 Å². The quantitative estimate of drug-likeness (QED) is 0.893. The van der Waals surface area contributed by atoms with Crippen LogP contribution in [0.25, 0.3) is 11.1 Å². The fourth-order valence-corrected chi connectivity index (χ4v) is 2.80. The van der Waals surface area contributed by atoms with Crippen LogP contribution < -0.4 is 5.32 Å². The lowest BCUT2D eigenvalue weighted by atomic mass is 10.0. The topological polar surface area (TPSA) is 52.6 Å². The molecule has 3 rings (SSSR count). The zero-order valence-electron chi connectivity index (χ0n) is 12.4. The first-order valence-electron chi connectivity index (χ1n) is 7.62. The van der Waals surface area contributed by atoms with E-state index in [4.69, 9.17) is 0 Å². The summed E-state index contributed by atoms with van der Waals surface area (Å²) in [7, 11) is 0. The Bertz CT molecular complexity index is 643. The molecule has 0 aliphatic carbocycles. The third-order valence-electron chi connectivity index (χ3n) is 3.94. The summed E-state index contributed by atoms with van der Waals surface area (Å²) in [6.45, 7) is 1.09. The van der Waals surface area contributed by atoms with Crippen molar-refractivity contribution in [2.45, 2.75) is 18.9 Å². The van der Waals surface area contributed by atoms with Gasteiger partial charge in [0.05, 0.1) is 11.8 Å². The van der Waals surface area contributed by atoms with E-state index in [-0.39, 0.29) is 6.03 Å². The summed E-state index contributed by atoms with van der Waals surface area (Å²) in [6, 6.07) is 17.6. The van der Waals surface area contributed by atoms with E-state index >= 15 is 0 Å². The van der Waals surface area contributed by atoms with Crippen molar-refractivity contribution in [2.75, 3.05) is 18.4 Å². The minimum Gasteiger partial charge on any atom is -0.391 e. The summed E-state index contributed by atoms with van der Waals surface area (Å²) in [5.41, 5.74) is 2.85. The Morgan fingerprint density at radius 2 is 1.82 bits per heavy atom. The van der Waals surface area contributed by atoms with Crippen molar-refractivity contribution in [3.63, 3.8) is 0 Å². The molecular formula is C18H20N2O2. The lowest BCUT2D eigenvalue weighted by Crippen LogP contribution is -2.44. The number of urea groups is 1. The lowest BCUT2D eigenvalue weighted by molar-refractivity contribution is 0.0883. The van der Waals surface area contributed by atoms with Gasteiger partial charge in [-0.25, -0.2) is 4.79 Å². The normalized spacial score (nSPS) is 18.0. The van der Waals surface area contributed by atoms with E-state index in [2.05, 4.69) is 5.32 Å². The minimum atomic E-state index is -0.413. The van der Waals surface area contributed by atoms with Crippen molar-refractivity contribution in [1.82, 2.24) is 4.90 Å². The van der Waals surface area contributed by atoms with Crippen molar-refractivity contribution in [2.24, 2.45) is 0 Å². The minimum absolute atomic E-state index is 0.151. The highest BCUT2D eigenvalue weighted by molar-refractivity contribution is 5.94. The second kappa shape index (κ2) is 6.62. The Morgan fingerprint density at radius 3 is 2.59 bits per heavy atom. The molecule has 0 radical (unpaired) electrons. The monoisotopic (exact) mass is 296 g/mol. The number of nitrogens with one attached hydrogen (secondary N) is 1. The summed E-state index contributed by atoms with van der Waals surface area (Å²) in [6.07, 6.45) is 1.20. The summed E-state index contributed by atoms with van der Waals surface area (Å²) >= 11 is 0. The van der Waals surface area contributed by atoms with E-state index in [0.29, 0.717) is 13.1 Å². The van der Waals surface area contributed by atoms with Crippen LogP contribution in [-0.2, 0) is 0 Å². The maximum absolute atomic E-state index is 12.4. The Morgan fingerprint density at radius 1 is 1.09 bits per heavy atom. The van der Waals surface area contributed by atoms with Crippen LogP contribution in [0.4, 0.5) is 10.5 Å². The number of rotatable bonds is 2. The molecule has 1 unspecified atom stereocenters. The number of carbonyl (C=O) groups excluding carboxylic acids is 1. The molecule has 1 aliphatic rings. The average Bonchev–Trinajstić information content (AvgIpc) is 2.56. The lowest BCUT2D eigenvalue weighted by Gasteiger charge is -2.30. The van der Waals surface area contributed by atoms with Crippen molar-refractivity contribution < 1.29 is 9.90 Å². The molecule has 114 valence electrons. The third kappa shape index (κ3) is 3.28. The number of carbonyl (C=O) groups is 1. The number of hydrogen-bond donors (Lipinski definition) is 2. The predicted octanol–water partition coefficient (Wildman–Crippen LogP) is 3.34. The summed E-state index contributed by atoms with van der Waals surface area (Å²) < 4.78 is 0. The van der Waals surface area contributed by atoms with Gasteiger partial charge in [0.15, 0.2) is 0 Å². The summed E-state index contributed by atoms with van der Waals surface area (Å²) in [5, 5.41) is 12.7. The molecule has 1 aliphatic heterocycles. The SMILES string of the molecule is O=C(Nc1ccccc1-c1ccccc1)N1CCCC(O)C1. The van der Waals surface area contributed by atoms with E-state index in [1.807, 2.05) is 54.6 Å². The van der Waals surface area contributed by atoms with Crippen molar-refractivity contribution in [3.8, 4) is 11.1 Å². The molecule has 0 bridgehead atoms. The van der Waals surface area contributed by atoms with Gasteiger partial charge in [-0.15, -0.1) is 0 Å². The maximum atomic E-state index is 12.4. The van der Waals surface area contributed by atoms with Crippen LogP contribution in [0.1, 0.15) is 12.8 Å². The van der Waals surface area contributed by atoms with Gasteiger partial charge in [0.1, 0.15) is 0 Å². The van der Waals surface area contributed by atoms with Gasteiger partial charge in [-0.3, -0.25) is 0 Å². The van der Waals surface area contributed by atoms with Crippen LogP contribution in [0.15, 0.2) is 54.6 Å². The van der Waals surface area contributed by atoms with Crippen LogP contribution in [-0.4, -0.2) is 35.2 Å². The van der Waals surface area contributed by atoms with Crippen LogP contribution in [0.5, 0.6) is 0 Å². The Hall–Kier alpha value is -2.33. The van der Waals surface area contributed by atoms with Gasteiger partial charge in [0, 0.05) is 18.7 Å². The molecule has 4 nitrogen and oxygen atoms in total. The molecule has 2 aromatic carbocycles. The first-order chi connectivity index (χ1) is 10.7. The van der Waals surface area contributed by atoms with Gasteiger partial charge in [-0.2, -0.15) is 0 Å². The first kappa shape index (κ1) is 14.6. The molecule has 1 saturated heterocycles. The number of benzene rings is 2. The number of likely N-dealkylation sites (tertiary alicyclic amines) is 1. The fourth-order valence-electron chi connectivity index (χ4n) is 2.80. The number of amides is 2. The van der Waals surface area contributed by atoms with Crippen molar-refractivity contribution in [3.05, 3.63) is 54.6 Å². The average molecular weight is 296 g/mol. The van der Waals surface area contributed by atoms with E-state index in [1.165, 1.54) is 0 Å². The number of aliphatic hydroxyl groups is 1. The molecule has 1 fully saturated rings. The fraction of sp³-hybridized carbons (Fsp3) is 0.278. The zero-order valence-corrected chi connectivity index (χ0v) is 12.4. The molecule has 2 N–H and O–H groups in total. The smallest absolute Gasteiger partial charge is 0.321 e. The predicted molar refractivity (Wildman–Crippen MR) is 87.7 cm³/mol. The van der Waals surface area contributed by atoms with Crippen LogP contribution >= 0.6 is 0 Å². The standard InChI is InChI=1S/C18H20N2O2/c21-15-9-6-12-20(13-15)18(22)19-17-11-5-4-10-16(17)14-7-2-1-3-8-14/h1-5,7-8,10-11,15,21H,6,9,12-13H2,(H,19,22). The van der Waals surface area contributed by atoms with E-state index < -0.39 is 6.10 Å². The highest BCUT2D eigenvalue weighted by atomic mass is 16.3. The highest BCUT2D eigenvalue weighted by Gasteiger charge is 2.22. The third-order valence-corrected chi connectivity index (χ3v) is 3.94. The highest BCUT2D eigenvalue weighted by Crippen LogP contribution is 2.28. The second-order valence-corrected chi connectivity index (χ2v) is 5.58. The molecule has 22 heavy (non-hydrogen) atoms. The molecule has 0 aromatic heterocycles. The van der Waals surface area contributed by atoms with Crippen LogP contribution in [0.3, 0.4) is 0 Å². The largest absolute Gasteiger partial charge is 0.391 e. The summed E-state index contributed by atoms with van der Waals surface area (Å²) in [5.74, 6) is 0. The number of piperidine rings is 1. The van der Waals surface area contributed by atoms with Gasteiger partial charge in [0.25, 0.3) is 0 Å². The van der Waals surface area contributed by atoms with Crippen molar-refractivity contribution in [1.29, 1.82) is 0 Å². The van der Waals surface area contributed by atoms with E-state index in [1.54, 1.807) is 4.90 Å². The maximum Gasteiger partial charge on any atom is 0.321 e.